The Kier molecular flexibility index (Phi) is 6.70. The number of rotatable bonds is 7. The lowest BCUT2D eigenvalue weighted by Gasteiger charge is -2.61. The lowest BCUT2D eigenvalue weighted by Crippen LogP contribution is -2.70. The molecule has 0 aromatic heterocycles. The molecule has 0 radical (unpaired) electrons. The molecule has 3 N–H and O–H groups in total. The zero-order valence-corrected chi connectivity index (χ0v) is 20.6. The van der Waals surface area contributed by atoms with Gasteiger partial charge < -0.3 is 34.3 Å². The summed E-state index contributed by atoms with van der Waals surface area (Å²) in [4.78, 5) is 0. The summed E-state index contributed by atoms with van der Waals surface area (Å²) in [5.74, 6) is 1.01. The Hall–Kier alpha value is -2.16. The molecule has 1 aliphatic carbocycles. The van der Waals surface area contributed by atoms with E-state index in [0.29, 0.717) is 30.1 Å². The molecule has 1 fully saturated rings. The van der Waals surface area contributed by atoms with Crippen LogP contribution in [-0.2, 0) is 22.5 Å². The van der Waals surface area contributed by atoms with E-state index in [1.54, 1.807) is 38.5 Å². The van der Waals surface area contributed by atoms with Crippen LogP contribution in [0.3, 0.4) is 0 Å². The Morgan fingerprint density at radius 2 is 1.79 bits per heavy atom. The summed E-state index contributed by atoms with van der Waals surface area (Å²) in [5, 5.41) is 34.6. The molecule has 0 amide bonds. The average molecular weight is 473 g/mol. The van der Waals surface area contributed by atoms with Crippen molar-refractivity contribution in [3.05, 3.63) is 59.2 Å². The van der Waals surface area contributed by atoms with Gasteiger partial charge in [0.1, 0.15) is 17.3 Å². The van der Waals surface area contributed by atoms with E-state index >= 15 is 0 Å². The first-order valence-electron chi connectivity index (χ1n) is 11.7. The van der Waals surface area contributed by atoms with Crippen LogP contribution in [0.2, 0.25) is 0 Å². The zero-order chi connectivity index (χ0) is 24.7. The topological polar surface area (TPSA) is 97.6 Å². The SMILES string of the molecule is COCOc1cc(COC)cc2c1O[C@]1(C)C[C@@](O)([C@@H](O)c3ccccc3)[C@@H](O)C(C)(C)[C@H]1C2. The summed E-state index contributed by atoms with van der Waals surface area (Å²) in [6.45, 7) is 6.29. The second kappa shape index (κ2) is 9.13. The third kappa shape index (κ3) is 4.10. The number of fused-ring (bicyclic) bond motifs is 2. The summed E-state index contributed by atoms with van der Waals surface area (Å²) < 4.78 is 22.9. The highest BCUT2D eigenvalue weighted by Crippen LogP contribution is 2.59. The first-order chi connectivity index (χ1) is 16.1. The fraction of sp³-hybridized carbons (Fsp3) is 0.556. The summed E-state index contributed by atoms with van der Waals surface area (Å²) >= 11 is 0. The van der Waals surface area contributed by atoms with Gasteiger partial charge in [-0.15, -0.1) is 0 Å². The molecule has 34 heavy (non-hydrogen) atoms. The molecule has 2 aromatic rings. The molecule has 186 valence electrons. The Morgan fingerprint density at radius 3 is 2.44 bits per heavy atom. The number of aliphatic hydroxyl groups excluding tert-OH is 2. The lowest BCUT2D eigenvalue weighted by atomic mass is 9.52. The Morgan fingerprint density at radius 1 is 1.09 bits per heavy atom. The summed E-state index contributed by atoms with van der Waals surface area (Å²) in [5.41, 5.74) is -0.987. The van der Waals surface area contributed by atoms with E-state index < -0.39 is 28.8 Å². The molecule has 0 saturated heterocycles. The van der Waals surface area contributed by atoms with Crippen molar-refractivity contribution in [2.24, 2.45) is 11.3 Å². The maximum absolute atomic E-state index is 11.8. The van der Waals surface area contributed by atoms with Crippen LogP contribution in [0.5, 0.6) is 11.5 Å². The first-order valence-corrected chi connectivity index (χ1v) is 11.7. The van der Waals surface area contributed by atoms with Crippen LogP contribution in [0, 0.1) is 11.3 Å². The quantitative estimate of drug-likeness (QED) is 0.532. The minimum Gasteiger partial charge on any atom is -0.483 e. The van der Waals surface area contributed by atoms with E-state index in [1.165, 1.54) is 0 Å². The normalized spacial score (nSPS) is 30.6. The fourth-order valence-electron chi connectivity index (χ4n) is 6.08. The molecule has 0 unspecified atom stereocenters. The Bertz CT molecular complexity index is 1010. The average Bonchev–Trinajstić information content (AvgIpc) is 2.81. The van der Waals surface area contributed by atoms with Gasteiger partial charge in [0.05, 0.1) is 12.7 Å². The second-order valence-corrected chi connectivity index (χ2v) is 10.4. The Labute approximate surface area is 201 Å². The number of benzene rings is 2. The van der Waals surface area contributed by atoms with Crippen molar-refractivity contribution in [3.8, 4) is 11.5 Å². The van der Waals surface area contributed by atoms with Crippen molar-refractivity contribution >= 4 is 0 Å². The second-order valence-electron chi connectivity index (χ2n) is 10.4. The van der Waals surface area contributed by atoms with Crippen LogP contribution in [-0.4, -0.2) is 53.6 Å². The largest absolute Gasteiger partial charge is 0.483 e. The molecule has 1 heterocycles. The van der Waals surface area contributed by atoms with Crippen molar-refractivity contribution in [3.63, 3.8) is 0 Å². The van der Waals surface area contributed by atoms with Gasteiger partial charge >= 0.3 is 0 Å². The van der Waals surface area contributed by atoms with E-state index in [1.807, 2.05) is 39.0 Å². The number of hydrogen-bond acceptors (Lipinski definition) is 7. The summed E-state index contributed by atoms with van der Waals surface area (Å²) in [6.07, 6.45) is -1.79. The van der Waals surface area contributed by atoms with Crippen molar-refractivity contribution in [1.29, 1.82) is 0 Å². The van der Waals surface area contributed by atoms with Crippen LogP contribution in [0.4, 0.5) is 0 Å². The number of methoxy groups -OCH3 is 2. The van der Waals surface area contributed by atoms with Gasteiger partial charge in [-0.3, -0.25) is 0 Å². The summed E-state index contributed by atoms with van der Waals surface area (Å²) in [7, 11) is 3.20. The minimum absolute atomic E-state index is 0.0499. The van der Waals surface area contributed by atoms with E-state index in [2.05, 4.69) is 0 Å². The van der Waals surface area contributed by atoms with E-state index in [0.717, 1.165) is 11.1 Å². The number of hydrogen-bond donors (Lipinski definition) is 3. The van der Waals surface area contributed by atoms with Gasteiger partial charge in [0.15, 0.2) is 18.3 Å². The molecule has 4 rings (SSSR count). The molecule has 0 spiro atoms. The molecule has 1 saturated carbocycles. The van der Waals surface area contributed by atoms with Crippen molar-refractivity contribution < 1.29 is 34.3 Å². The van der Waals surface area contributed by atoms with Gasteiger partial charge in [0.2, 0.25) is 0 Å². The van der Waals surface area contributed by atoms with Gasteiger partial charge in [-0.25, -0.2) is 0 Å². The standard InChI is InChI=1S/C27H36O7/c1-25(2)21-13-19-11-17(14-31-4)12-20(33-16-32-5)22(19)34-26(21,3)15-27(30,24(25)29)23(28)18-9-7-6-8-10-18/h6-12,21,23-24,28-30H,13-16H2,1-5H3/t21-,23+,24+,26-,27-/m1/s1. The van der Waals surface area contributed by atoms with Gasteiger partial charge in [-0.2, -0.15) is 0 Å². The van der Waals surface area contributed by atoms with Crippen LogP contribution in [0.15, 0.2) is 42.5 Å². The molecule has 2 aromatic carbocycles. The van der Waals surface area contributed by atoms with Gasteiger partial charge in [-0.05, 0) is 42.2 Å². The smallest absolute Gasteiger partial charge is 0.188 e. The van der Waals surface area contributed by atoms with Gasteiger partial charge in [-0.1, -0.05) is 44.2 Å². The third-order valence-corrected chi connectivity index (χ3v) is 7.63. The Balaban J connectivity index is 1.77. The minimum atomic E-state index is -1.81. The number of aliphatic hydroxyl groups is 3. The molecule has 1 aliphatic heterocycles. The van der Waals surface area contributed by atoms with E-state index in [-0.39, 0.29) is 19.1 Å². The van der Waals surface area contributed by atoms with Crippen LogP contribution >= 0.6 is 0 Å². The predicted octanol–water partition coefficient (Wildman–Crippen LogP) is 3.38. The number of ether oxygens (including phenoxy) is 4. The maximum atomic E-state index is 11.8. The molecular weight excluding hydrogens is 436 g/mol. The van der Waals surface area contributed by atoms with Crippen LogP contribution < -0.4 is 9.47 Å². The highest BCUT2D eigenvalue weighted by molar-refractivity contribution is 5.52. The van der Waals surface area contributed by atoms with Crippen LogP contribution in [0.1, 0.15) is 50.0 Å². The predicted molar refractivity (Wildman–Crippen MR) is 127 cm³/mol. The van der Waals surface area contributed by atoms with Crippen molar-refractivity contribution in [2.45, 2.75) is 63.6 Å². The molecule has 5 atom stereocenters. The third-order valence-electron chi connectivity index (χ3n) is 7.63. The molecule has 2 aliphatic rings. The van der Waals surface area contributed by atoms with E-state index in [9.17, 15) is 15.3 Å². The van der Waals surface area contributed by atoms with Crippen LogP contribution in [0.25, 0.3) is 0 Å². The molecular formula is C27H36O7. The highest BCUT2D eigenvalue weighted by atomic mass is 16.7. The maximum Gasteiger partial charge on any atom is 0.188 e. The van der Waals surface area contributed by atoms with Crippen molar-refractivity contribution in [2.75, 3.05) is 21.0 Å². The highest BCUT2D eigenvalue weighted by Gasteiger charge is 2.65. The molecule has 7 nitrogen and oxygen atoms in total. The zero-order valence-electron chi connectivity index (χ0n) is 20.6. The molecule has 7 heteroatoms. The first kappa shape index (κ1) is 24.9. The van der Waals surface area contributed by atoms with E-state index in [4.69, 9.17) is 18.9 Å². The summed E-state index contributed by atoms with van der Waals surface area (Å²) in [6, 6.07) is 12.9. The fourth-order valence-corrected chi connectivity index (χ4v) is 6.08. The van der Waals surface area contributed by atoms with Gasteiger partial charge in [0, 0.05) is 32.0 Å². The monoisotopic (exact) mass is 472 g/mol. The van der Waals surface area contributed by atoms with Gasteiger partial charge in [0.25, 0.3) is 0 Å². The molecule has 0 bridgehead atoms. The lowest BCUT2D eigenvalue weighted by molar-refractivity contribution is -0.264. The van der Waals surface area contributed by atoms with Crippen molar-refractivity contribution in [1.82, 2.24) is 0 Å².